The standard InChI is InChI=1S/C14H30O3Si/c1-11(2)10-15-9-7-8-14(18,16-12(3)4)17-13(5)6/h12-13H,1,7-10H2,2-6,18H3. The van der Waals surface area contributed by atoms with Gasteiger partial charge in [-0.25, -0.2) is 0 Å². The van der Waals surface area contributed by atoms with Crippen LogP contribution in [0.4, 0.5) is 0 Å². The van der Waals surface area contributed by atoms with Crippen LogP contribution in [-0.2, 0) is 14.2 Å². The maximum atomic E-state index is 5.94. The first kappa shape index (κ1) is 17.8. The molecule has 4 heteroatoms. The summed E-state index contributed by atoms with van der Waals surface area (Å²) >= 11 is 0. The largest absolute Gasteiger partial charge is 0.377 e. The highest BCUT2D eigenvalue weighted by Gasteiger charge is 2.27. The van der Waals surface area contributed by atoms with Gasteiger partial charge < -0.3 is 14.2 Å². The molecule has 0 amide bonds. The minimum absolute atomic E-state index is 0.192. The number of rotatable bonds is 10. The Morgan fingerprint density at radius 3 is 2.06 bits per heavy atom. The third-order valence-corrected chi connectivity index (χ3v) is 3.21. The van der Waals surface area contributed by atoms with Crippen molar-refractivity contribution < 1.29 is 14.2 Å². The van der Waals surface area contributed by atoms with E-state index in [2.05, 4.69) is 6.58 Å². The Hall–Kier alpha value is -0.163. The summed E-state index contributed by atoms with van der Waals surface area (Å²) in [5.41, 5.74) is 0.679. The first-order valence-electron chi connectivity index (χ1n) is 6.83. The van der Waals surface area contributed by atoms with E-state index in [4.69, 9.17) is 14.2 Å². The second-order valence-electron chi connectivity index (χ2n) is 5.58. The van der Waals surface area contributed by atoms with Gasteiger partial charge in [-0.15, -0.1) is 0 Å². The van der Waals surface area contributed by atoms with Crippen molar-refractivity contribution in [3.8, 4) is 0 Å². The number of hydrogen-bond acceptors (Lipinski definition) is 3. The summed E-state index contributed by atoms with van der Waals surface area (Å²) in [4.78, 5) is 0. The average Bonchev–Trinajstić information content (AvgIpc) is 2.13. The van der Waals surface area contributed by atoms with Gasteiger partial charge in [-0.3, -0.25) is 0 Å². The Kier molecular flexibility index (Phi) is 8.78. The molecule has 3 nitrogen and oxygen atoms in total. The second kappa shape index (κ2) is 8.86. The fourth-order valence-electron chi connectivity index (χ4n) is 1.88. The lowest BCUT2D eigenvalue weighted by Crippen LogP contribution is -2.41. The van der Waals surface area contributed by atoms with Crippen LogP contribution in [0.3, 0.4) is 0 Å². The average molecular weight is 274 g/mol. The van der Waals surface area contributed by atoms with Crippen molar-refractivity contribution in [3.05, 3.63) is 12.2 Å². The van der Waals surface area contributed by atoms with E-state index in [1.54, 1.807) is 0 Å². The quantitative estimate of drug-likeness (QED) is 0.265. The minimum atomic E-state index is -0.380. The molecule has 0 bridgehead atoms. The molecular weight excluding hydrogens is 244 g/mol. The zero-order valence-corrected chi connectivity index (χ0v) is 14.9. The fraction of sp³-hybridized carbons (Fsp3) is 0.857. The molecule has 0 heterocycles. The molecule has 0 unspecified atom stereocenters. The van der Waals surface area contributed by atoms with Gasteiger partial charge in [0.15, 0.2) is 0 Å². The Bertz CT molecular complexity index is 229. The van der Waals surface area contributed by atoms with Gasteiger partial charge in [0, 0.05) is 6.61 Å². The first-order chi connectivity index (χ1) is 8.25. The molecule has 18 heavy (non-hydrogen) atoms. The summed E-state index contributed by atoms with van der Waals surface area (Å²) in [6.07, 6.45) is 2.23. The molecule has 0 spiro atoms. The van der Waals surface area contributed by atoms with Crippen molar-refractivity contribution in [1.29, 1.82) is 0 Å². The maximum Gasteiger partial charge on any atom is 0.142 e. The van der Waals surface area contributed by atoms with E-state index in [-0.39, 0.29) is 17.6 Å². The molecule has 0 saturated carbocycles. The molecule has 108 valence electrons. The topological polar surface area (TPSA) is 27.7 Å². The zero-order valence-electron chi connectivity index (χ0n) is 12.9. The number of hydrogen-bond donors (Lipinski definition) is 0. The third-order valence-electron chi connectivity index (χ3n) is 2.24. The van der Waals surface area contributed by atoms with Crippen LogP contribution in [0.1, 0.15) is 47.5 Å². The van der Waals surface area contributed by atoms with Gasteiger partial charge in [-0.1, -0.05) is 12.2 Å². The van der Waals surface area contributed by atoms with Crippen LogP contribution in [0.25, 0.3) is 0 Å². The van der Waals surface area contributed by atoms with E-state index in [0.717, 1.165) is 35.3 Å². The Morgan fingerprint density at radius 1 is 1.17 bits per heavy atom. The molecule has 0 aromatic rings. The van der Waals surface area contributed by atoms with E-state index in [9.17, 15) is 0 Å². The van der Waals surface area contributed by atoms with Gasteiger partial charge in [0.05, 0.1) is 29.1 Å². The molecule has 0 fully saturated rings. The predicted octanol–water partition coefficient (Wildman–Crippen LogP) is 2.23. The monoisotopic (exact) mass is 274 g/mol. The summed E-state index contributed by atoms with van der Waals surface area (Å²) in [5, 5.41) is 0. The zero-order chi connectivity index (χ0) is 14.2. The highest BCUT2D eigenvalue weighted by molar-refractivity contribution is 6.13. The lowest BCUT2D eigenvalue weighted by molar-refractivity contribution is -0.218. The van der Waals surface area contributed by atoms with E-state index in [1.165, 1.54) is 0 Å². The Labute approximate surface area is 115 Å². The molecule has 0 aromatic heterocycles. The first-order valence-corrected chi connectivity index (χ1v) is 7.83. The summed E-state index contributed by atoms with van der Waals surface area (Å²) in [6.45, 7) is 15.4. The van der Waals surface area contributed by atoms with E-state index >= 15 is 0 Å². The highest BCUT2D eigenvalue weighted by atomic mass is 28.1. The van der Waals surface area contributed by atoms with Crippen molar-refractivity contribution in [1.82, 2.24) is 0 Å². The van der Waals surface area contributed by atoms with Gasteiger partial charge in [0.25, 0.3) is 0 Å². The normalized spacial score (nSPS) is 12.6. The lowest BCUT2D eigenvalue weighted by Gasteiger charge is -2.34. The van der Waals surface area contributed by atoms with Gasteiger partial charge in [0.1, 0.15) is 5.41 Å². The van der Waals surface area contributed by atoms with Gasteiger partial charge >= 0.3 is 0 Å². The van der Waals surface area contributed by atoms with Crippen LogP contribution in [0.2, 0.25) is 0 Å². The summed E-state index contributed by atoms with van der Waals surface area (Å²) in [5.74, 6) is 0. The molecule has 0 aliphatic heterocycles. The summed E-state index contributed by atoms with van der Waals surface area (Å²) in [6, 6.07) is 0. The van der Waals surface area contributed by atoms with Gasteiger partial charge in [-0.05, 0) is 47.5 Å². The minimum Gasteiger partial charge on any atom is -0.377 e. The summed E-state index contributed by atoms with van der Waals surface area (Å²) in [7, 11) is 0.862. The maximum absolute atomic E-state index is 5.94. The van der Waals surface area contributed by atoms with Gasteiger partial charge in [-0.2, -0.15) is 0 Å². The van der Waals surface area contributed by atoms with Crippen LogP contribution in [0.15, 0.2) is 12.2 Å². The number of ether oxygens (including phenoxy) is 3. The van der Waals surface area contributed by atoms with Crippen molar-refractivity contribution in [3.63, 3.8) is 0 Å². The molecule has 0 rings (SSSR count). The molecule has 0 aromatic carbocycles. The summed E-state index contributed by atoms with van der Waals surface area (Å²) < 4.78 is 17.4. The lowest BCUT2D eigenvalue weighted by atomic mass is 10.3. The van der Waals surface area contributed by atoms with E-state index in [1.807, 2.05) is 34.6 Å². The van der Waals surface area contributed by atoms with Gasteiger partial charge in [0.2, 0.25) is 0 Å². The van der Waals surface area contributed by atoms with E-state index < -0.39 is 0 Å². The van der Waals surface area contributed by atoms with Crippen LogP contribution in [-0.4, -0.2) is 41.1 Å². The van der Waals surface area contributed by atoms with Crippen LogP contribution in [0.5, 0.6) is 0 Å². The third kappa shape index (κ3) is 9.83. The fourth-order valence-corrected chi connectivity index (χ4v) is 3.18. The second-order valence-corrected chi connectivity index (χ2v) is 7.10. The molecule has 0 aliphatic carbocycles. The van der Waals surface area contributed by atoms with Crippen molar-refractivity contribution >= 4 is 10.2 Å². The Balaban J connectivity index is 4.04. The molecule has 0 aliphatic rings. The SMILES string of the molecule is C=C(C)COCCCC([SiH3])(OC(C)C)OC(C)C. The molecule has 0 N–H and O–H groups in total. The Morgan fingerprint density at radius 2 is 1.67 bits per heavy atom. The highest BCUT2D eigenvalue weighted by Crippen LogP contribution is 2.20. The van der Waals surface area contributed by atoms with Crippen molar-refractivity contribution in [2.24, 2.45) is 0 Å². The molecule has 0 atom stereocenters. The van der Waals surface area contributed by atoms with Crippen LogP contribution >= 0.6 is 0 Å². The van der Waals surface area contributed by atoms with Crippen LogP contribution in [0, 0.1) is 0 Å². The van der Waals surface area contributed by atoms with Crippen molar-refractivity contribution in [2.45, 2.75) is 65.1 Å². The molecular formula is C14H30O3Si. The smallest absolute Gasteiger partial charge is 0.142 e. The molecule has 0 saturated heterocycles. The van der Waals surface area contributed by atoms with Crippen molar-refractivity contribution in [2.75, 3.05) is 13.2 Å². The van der Waals surface area contributed by atoms with E-state index in [0.29, 0.717) is 6.61 Å². The predicted molar refractivity (Wildman–Crippen MR) is 80.0 cm³/mol. The van der Waals surface area contributed by atoms with Crippen LogP contribution < -0.4 is 0 Å². The molecule has 0 radical (unpaired) electrons.